The molecule has 1 fully saturated rings. The highest BCUT2D eigenvalue weighted by atomic mass is 79.9. The highest BCUT2D eigenvalue weighted by Gasteiger charge is 2.17. The lowest BCUT2D eigenvalue weighted by Crippen LogP contribution is -2.38. The molecular weight excluding hydrogens is 266 g/mol. The van der Waals surface area contributed by atoms with E-state index in [0.717, 1.165) is 26.1 Å². The quantitative estimate of drug-likeness (QED) is 0.918. The third-order valence-corrected chi connectivity index (χ3v) is 3.71. The first-order chi connectivity index (χ1) is 7.75. The topological polar surface area (TPSA) is 21.3 Å². The van der Waals surface area contributed by atoms with Crippen LogP contribution in [-0.2, 0) is 11.2 Å². The molecule has 0 radical (unpaired) electrons. The maximum absolute atomic E-state index is 5.36. The molecule has 1 aromatic rings. The van der Waals surface area contributed by atoms with Gasteiger partial charge in [0.15, 0.2) is 0 Å². The molecule has 1 aliphatic heterocycles. The van der Waals surface area contributed by atoms with E-state index in [0.29, 0.717) is 12.1 Å². The van der Waals surface area contributed by atoms with Gasteiger partial charge in [0.2, 0.25) is 0 Å². The number of benzene rings is 1. The summed E-state index contributed by atoms with van der Waals surface area (Å²) in [6, 6.07) is 9.44. The van der Waals surface area contributed by atoms with E-state index < -0.39 is 0 Å². The van der Waals surface area contributed by atoms with Crippen molar-refractivity contribution in [2.45, 2.75) is 31.8 Å². The molecule has 0 unspecified atom stereocenters. The van der Waals surface area contributed by atoms with Gasteiger partial charge in [0, 0.05) is 23.2 Å². The molecule has 2 rings (SSSR count). The van der Waals surface area contributed by atoms with Crippen LogP contribution in [0, 0.1) is 0 Å². The van der Waals surface area contributed by atoms with Gasteiger partial charge in [0.1, 0.15) is 0 Å². The summed E-state index contributed by atoms with van der Waals surface area (Å²) in [5.74, 6) is 0. The molecule has 0 saturated carbocycles. The molecule has 0 spiro atoms. The molecule has 1 aliphatic rings. The van der Waals surface area contributed by atoms with E-state index in [9.17, 15) is 0 Å². The van der Waals surface area contributed by atoms with Crippen molar-refractivity contribution in [3.05, 3.63) is 34.3 Å². The zero-order valence-electron chi connectivity index (χ0n) is 9.58. The summed E-state index contributed by atoms with van der Waals surface area (Å²) in [5, 5.41) is 3.61. The molecule has 0 amide bonds. The van der Waals surface area contributed by atoms with Crippen molar-refractivity contribution in [3.63, 3.8) is 0 Å². The zero-order valence-corrected chi connectivity index (χ0v) is 11.2. The molecule has 88 valence electrons. The second-order valence-electron chi connectivity index (χ2n) is 4.42. The maximum atomic E-state index is 5.36. The second kappa shape index (κ2) is 5.80. The van der Waals surface area contributed by atoms with Crippen molar-refractivity contribution >= 4 is 15.9 Å². The Morgan fingerprint density at radius 1 is 1.50 bits per heavy atom. The molecule has 0 aromatic heterocycles. The van der Waals surface area contributed by atoms with Crippen LogP contribution >= 0.6 is 15.9 Å². The van der Waals surface area contributed by atoms with Crippen molar-refractivity contribution in [2.24, 2.45) is 0 Å². The van der Waals surface area contributed by atoms with Crippen LogP contribution in [-0.4, -0.2) is 25.3 Å². The van der Waals surface area contributed by atoms with Crippen molar-refractivity contribution in [1.82, 2.24) is 5.32 Å². The number of halogens is 1. The number of hydrogen-bond acceptors (Lipinski definition) is 2. The second-order valence-corrected chi connectivity index (χ2v) is 5.28. The van der Waals surface area contributed by atoms with Crippen LogP contribution in [0.5, 0.6) is 0 Å². The monoisotopic (exact) mass is 283 g/mol. The number of rotatable bonds is 4. The van der Waals surface area contributed by atoms with Gasteiger partial charge in [0.05, 0.1) is 6.61 Å². The molecule has 1 saturated heterocycles. The molecule has 1 heterocycles. The van der Waals surface area contributed by atoms with Crippen LogP contribution in [0.3, 0.4) is 0 Å². The highest BCUT2D eigenvalue weighted by molar-refractivity contribution is 9.10. The van der Waals surface area contributed by atoms with Gasteiger partial charge in [0.25, 0.3) is 0 Å². The van der Waals surface area contributed by atoms with E-state index in [1.807, 2.05) is 0 Å². The number of ether oxygens (including phenoxy) is 1. The van der Waals surface area contributed by atoms with E-state index in [1.54, 1.807) is 0 Å². The normalized spacial score (nSPS) is 22.2. The van der Waals surface area contributed by atoms with Crippen LogP contribution in [0.4, 0.5) is 0 Å². The standard InChI is InChI=1S/C13H18BrNO/c1-10(15-12-6-7-16-9-12)8-11-4-2-3-5-13(11)14/h2-5,10,12,15H,6-9H2,1H3/t10-,12-/m1/s1. The Morgan fingerprint density at radius 3 is 3.00 bits per heavy atom. The lowest BCUT2D eigenvalue weighted by Gasteiger charge is -2.18. The van der Waals surface area contributed by atoms with Gasteiger partial charge in [-0.05, 0) is 31.4 Å². The molecule has 16 heavy (non-hydrogen) atoms. The Hall–Kier alpha value is -0.380. The SMILES string of the molecule is C[C@H](Cc1ccccc1Br)N[C@@H]1CCOC1. The first-order valence-corrected chi connectivity index (χ1v) is 6.62. The summed E-state index contributed by atoms with van der Waals surface area (Å²) < 4.78 is 6.56. The summed E-state index contributed by atoms with van der Waals surface area (Å²) in [4.78, 5) is 0. The van der Waals surface area contributed by atoms with Crippen LogP contribution < -0.4 is 5.32 Å². The third-order valence-electron chi connectivity index (χ3n) is 2.93. The van der Waals surface area contributed by atoms with Crippen LogP contribution in [0.1, 0.15) is 18.9 Å². The minimum absolute atomic E-state index is 0.491. The van der Waals surface area contributed by atoms with Gasteiger partial charge >= 0.3 is 0 Å². The van der Waals surface area contributed by atoms with Crippen LogP contribution in [0.2, 0.25) is 0 Å². The van der Waals surface area contributed by atoms with Gasteiger partial charge in [-0.25, -0.2) is 0 Å². The third kappa shape index (κ3) is 3.30. The summed E-state index contributed by atoms with van der Waals surface area (Å²) in [7, 11) is 0. The van der Waals surface area contributed by atoms with E-state index in [1.165, 1.54) is 10.0 Å². The van der Waals surface area contributed by atoms with E-state index in [4.69, 9.17) is 4.74 Å². The molecule has 1 aromatic carbocycles. The molecule has 3 heteroatoms. The predicted molar refractivity (Wildman–Crippen MR) is 69.7 cm³/mol. The minimum atomic E-state index is 0.491. The Morgan fingerprint density at radius 2 is 2.31 bits per heavy atom. The zero-order chi connectivity index (χ0) is 11.4. The lowest BCUT2D eigenvalue weighted by atomic mass is 10.1. The summed E-state index contributed by atoms with van der Waals surface area (Å²) in [6.45, 7) is 4.00. The first-order valence-electron chi connectivity index (χ1n) is 5.83. The van der Waals surface area contributed by atoms with E-state index in [-0.39, 0.29) is 0 Å². The molecule has 2 atom stereocenters. The van der Waals surface area contributed by atoms with Crippen molar-refractivity contribution in [3.8, 4) is 0 Å². The average Bonchev–Trinajstić information content (AvgIpc) is 2.74. The van der Waals surface area contributed by atoms with Gasteiger partial charge in [-0.15, -0.1) is 0 Å². The smallest absolute Gasteiger partial charge is 0.0620 e. The Bertz CT molecular complexity index is 336. The first kappa shape index (κ1) is 12.1. The Kier molecular flexibility index (Phi) is 4.38. The lowest BCUT2D eigenvalue weighted by molar-refractivity contribution is 0.188. The van der Waals surface area contributed by atoms with Gasteiger partial charge < -0.3 is 10.1 Å². The number of hydrogen-bond donors (Lipinski definition) is 1. The average molecular weight is 284 g/mol. The highest BCUT2D eigenvalue weighted by Crippen LogP contribution is 2.17. The Labute approximate surface area is 106 Å². The fraction of sp³-hybridized carbons (Fsp3) is 0.538. The minimum Gasteiger partial charge on any atom is -0.380 e. The van der Waals surface area contributed by atoms with Crippen molar-refractivity contribution in [1.29, 1.82) is 0 Å². The molecule has 0 bridgehead atoms. The van der Waals surface area contributed by atoms with Gasteiger partial charge in [-0.3, -0.25) is 0 Å². The van der Waals surface area contributed by atoms with Crippen LogP contribution in [0.15, 0.2) is 28.7 Å². The van der Waals surface area contributed by atoms with Crippen molar-refractivity contribution < 1.29 is 4.74 Å². The molecular formula is C13H18BrNO. The maximum Gasteiger partial charge on any atom is 0.0620 e. The number of nitrogens with one attached hydrogen (secondary N) is 1. The predicted octanol–water partition coefficient (Wildman–Crippen LogP) is 2.76. The summed E-state index contributed by atoms with van der Waals surface area (Å²) in [5.41, 5.74) is 1.36. The summed E-state index contributed by atoms with van der Waals surface area (Å²) in [6.07, 6.45) is 2.19. The van der Waals surface area contributed by atoms with Gasteiger partial charge in [-0.2, -0.15) is 0 Å². The fourth-order valence-corrected chi connectivity index (χ4v) is 2.57. The molecule has 0 aliphatic carbocycles. The van der Waals surface area contributed by atoms with Crippen LogP contribution in [0.25, 0.3) is 0 Å². The fourth-order valence-electron chi connectivity index (χ4n) is 2.12. The largest absolute Gasteiger partial charge is 0.380 e. The molecule has 2 nitrogen and oxygen atoms in total. The van der Waals surface area contributed by atoms with Crippen molar-refractivity contribution in [2.75, 3.05) is 13.2 Å². The molecule has 1 N–H and O–H groups in total. The Balaban J connectivity index is 1.86. The van der Waals surface area contributed by atoms with Gasteiger partial charge in [-0.1, -0.05) is 34.1 Å². The van der Waals surface area contributed by atoms with E-state index in [2.05, 4.69) is 52.4 Å². The van der Waals surface area contributed by atoms with E-state index >= 15 is 0 Å². The summed E-state index contributed by atoms with van der Waals surface area (Å²) >= 11 is 3.59.